The Morgan fingerprint density at radius 3 is 2.29 bits per heavy atom. The zero-order valence-electron chi connectivity index (χ0n) is 20.7. The summed E-state index contributed by atoms with van der Waals surface area (Å²) in [4.78, 5) is 7.17. The third-order valence-corrected chi connectivity index (χ3v) is 7.83. The lowest BCUT2D eigenvalue weighted by Gasteiger charge is -2.34. The monoisotopic (exact) mass is 718 g/mol. The first-order valence-corrected chi connectivity index (χ1v) is 14.4. The van der Waals surface area contributed by atoms with Crippen LogP contribution in [0.1, 0.15) is 5.56 Å². The molecule has 4 nitrogen and oxygen atoms in total. The minimum absolute atomic E-state index is 0.896. The van der Waals surface area contributed by atoms with E-state index in [1.165, 1.54) is 3.57 Å². The molecule has 0 atom stereocenters. The van der Waals surface area contributed by atoms with Gasteiger partial charge in [0, 0.05) is 24.2 Å². The van der Waals surface area contributed by atoms with Gasteiger partial charge in [-0.3, -0.25) is 0 Å². The normalized spacial score (nSPS) is 15.0. The second kappa shape index (κ2) is 10.4. The molecule has 0 saturated carbocycles. The van der Waals surface area contributed by atoms with Crippen LogP contribution in [-0.4, -0.2) is 5.71 Å². The number of hydrogen-bond donors (Lipinski definition) is 2. The molecule has 1 aliphatic heterocycles. The van der Waals surface area contributed by atoms with E-state index in [0.29, 0.717) is 0 Å². The Bertz CT molecular complexity index is 1670. The fourth-order valence-corrected chi connectivity index (χ4v) is 5.67. The van der Waals surface area contributed by atoms with Gasteiger partial charge in [-0.05, 0) is 148 Å². The number of aryl methyl sites for hydroxylation is 1. The van der Waals surface area contributed by atoms with Crippen molar-refractivity contribution in [3.8, 4) is 0 Å². The molecule has 0 saturated heterocycles. The van der Waals surface area contributed by atoms with Crippen LogP contribution in [0.4, 0.5) is 45.5 Å². The topological polar surface area (TPSA) is 39.7 Å². The summed E-state index contributed by atoms with van der Waals surface area (Å²) in [7, 11) is 0. The van der Waals surface area contributed by atoms with Crippen LogP contribution in [0.15, 0.2) is 124 Å². The molecule has 4 aromatic rings. The molecule has 0 spiro atoms. The number of fused-ring (bicyclic) bond motifs is 2. The molecule has 6 heteroatoms. The molecule has 186 valence electrons. The first kappa shape index (κ1) is 24.9. The Hall–Kier alpha value is -3.37. The van der Waals surface area contributed by atoms with Gasteiger partial charge in [0.25, 0.3) is 0 Å². The van der Waals surface area contributed by atoms with E-state index in [2.05, 4.69) is 165 Å². The molecule has 38 heavy (non-hydrogen) atoms. The smallest absolute Gasteiger partial charge is 0.0718 e. The summed E-state index contributed by atoms with van der Waals surface area (Å²) in [5.74, 6) is 0. The highest BCUT2D eigenvalue weighted by Crippen LogP contribution is 2.49. The number of allylic oxidation sites excluding steroid dienone is 5. The van der Waals surface area contributed by atoms with Gasteiger partial charge in [0.2, 0.25) is 0 Å². The van der Waals surface area contributed by atoms with Crippen molar-refractivity contribution in [3.05, 3.63) is 128 Å². The lowest BCUT2D eigenvalue weighted by atomic mass is 10.1. The highest BCUT2D eigenvalue weighted by atomic mass is 127. The molecule has 0 amide bonds. The Labute approximate surface area is 250 Å². The van der Waals surface area contributed by atoms with Crippen LogP contribution in [-0.2, 0) is 0 Å². The van der Waals surface area contributed by atoms with E-state index in [9.17, 15) is 0 Å². The number of halogens is 2. The number of nitrogens with one attached hydrogen (secondary N) is 2. The molecular formula is C32H24I2N4. The number of hydrogen-bond acceptors (Lipinski definition) is 4. The summed E-state index contributed by atoms with van der Waals surface area (Å²) in [6, 6.07) is 29.7. The Balaban J connectivity index is 1.32. The molecule has 1 aliphatic carbocycles. The average Bonchev–Trinajstić information content (AvgIpc) is 2.91. The predicted molar refractivity (Wildman–Crippen MR) is 179 cm³/mol. The number of para-hydroxylation sites is 1. The van der Waals surface area contributed by atoms with Crippen LogP contribution in [0, 0.1) is 10.5 Å². The van der Waals surface area contributed by atoms with Gasteiger partial charge in [-0.25, -0.2) is 4.99 Å². The molecule has 4 aromatic carbocycles. The quantitative estimate of drug-likeness (QED) is 0.182. The van der Waals surface area contributed by atoms with E-state index in [-0.39, 0.29) is 0 Å². The molecular weight excluding hydrogens is 694 g/mol. The predicted octanol–water partition coefficient (Wildman–Crippen LogP) is 10.4. The summed E-state index contributed by atoms with van der Waals surface area (Å²) in [5.41, 5.74) is 11.4. The van der Waals surface area contributed by atoms with Crippen LogP contribution in [0.5, 0.6) is 0 Å². The maximum atomic E-state index is 4.85. The second-order valence-corrected chi connectivity index (χ2v) is 11.7. The van der Waals surface area contributed by atoms with Crippen LogP contribution in [0.2, 0.25) is 0 Å². The molecule has 1 heterocycles. The second-order valence-electron chi connectivity index (χ2n) is 9.20. The fourth-order valence-electron chi connectivity index (χ4n) is 4.64. The molecule has 6 rings (SSSR count). The van der Waals surface area contributed by atoms with E-state index in [4.69, 9.17) is 4.99 Å². The zero-order chi connectivity index (χ0) is 26.2. The Morgan fingerprint density at radius 1 is 0.816 bits per heavy atom. The van der Waals surface area contributed by atoms with Crippen molar-refractivity contribution >= 4 is 96.4 Å². The van der Waals surface area contributed by atoms with Gasteiger partial charge in [-0.15, -0.1) is 0 Å². The summed E-state index contributed by atoms with van der Waals surface area (Å²) >= 11 is 4.67. The first-order valence-electron chi connectivity index (χ1n) is 12.2. The maximum Gasteiger partial charge on any atom is 0.0718 e. The van der Waals surface area contributed by atoms with Crippen molar-refractivity contribution in [2.24, 2.45) is 4.99 Å². The van der Waals surface area contributed by atoms with Crippen molar-refractivity contribution in [2.75, 3.05) is 15.5 Å². The van der Waals surface area contributed by atoms with Gasteiger partial charge in [0.15, 0.2) is 0 Å². The summed E-state index contributed by atoms with van der Waals surface area (Å²) < 4.78 is 2.35. The van der Waals surface area contributed by atoms with Gasteiger partial charge in [0.05, 0.1) is 34.1 Å². The highest BCUT2D eigenvalue weighted by Gasteiger charge is 2.24. The van der Waals surface area contributed by atoms with E-state index >= 15 is 0 Å². The minimum atomic E-state index is 0.896. The number of anilines is 7. The Morgan fingerprint density at radius 2 is 1.53 bits per heavy atom. The SMILES string of the molecule is C=C1C=C(I)C=C/C1=N/c1ccc(Nc2ccc3c(c2)N(c2ccccc2)c2cc(I)ccc2N3)cc1C. The van der Waals surface area contributed by atoms with Crippen LogP contribution in [0.25, 0.3) is 0 Å². The summed E-state index contributed by atoms with van der Waals surface area (Å²) in [6.45, 7) is 6.23. The van der Waals surface area contributed by atoms with E-state index in [0.717, 1.165) is 65.9 Å². The fraction of sp³-hybridized carbons (Fsp3) is 0.0312. The molecule has 0 bridgehead atoms. The lowest BCUT2D eigenvalue weighted by Crippen LogP contribution is -2.18. The van der Waals surface area contributed by atoms with Crippen molar-refractivity contribution in [1.82, 2.24) is 0 Å². The molecule has 0 unspecified atom stereocenters. The first-order chi connectivity index (χ1) is 18.4. The van der Waals surface area contributed by atoms with E-state index in [1.54, 1.807) is 0 Å². The van der Waals surface area contributed by atoms with Gasteiger partial charge in [-0.2, -0.15) is 0 Å². The number of nitrogens with zero attached hydrogens (tertiary/aromatic N) is 2. The molecule has 0 aromatic heterocycles. The maximum absolute atomic E-state index is 4.85. The third kappa shape index (κ3) is 5.02. The van der Waals surface area contributed by atoms with Gasteiger partial charge >= 0.3 is 0 Å². The molecule has 2 aliphatic rings. The molecule has 0 radical (unpaired) electrons. The number of aliphatic imine (C=N–C) groups is 1. The van der Waals surface area contributed by atoms with Crippen molar-refractivity contribution in [2.45, 2.75) is 6.92 Å². The number of benzene rings is 4. The summed E-state index contributed by atoms with van der Waals surface area (Å²) in [5, 5.41) is 7.22. The third-order valence-electron chi connectivity index (χ3n) is 6.49. The van der Waals surface area contributed by atoms with Gasteiger partial charge in [-0.1, -0.05) is 24.8 Å². The summed E-state index contributed by atoms with van der Waals surface area (Å²) in [6.07, 6.45) is 6.13. The average molecular weight is 718 g/mol. The molecule has 2 N–H and O–H groups in total. The Kier molecular flexibility index (Phi) is 6.84. The minimum Gasteiger partial charge on any atom is -0.355 e. The lowest BCUT2D eigenvalue weighted by molar-refractivity contribution is 1.25. The largest absolute Gasteiger partial charge is 0.355 e. The van der Waals surface area contributed by atoms with Crippen molar-refractivity contribution in [3.63, 3.8) is 0 Å². The van der Waals surface area contributed by atoms with Crippen molar-refractivity contribution in [1.29, 1.82) is 0 Å². The van der Waals surface area contributed by atoms with Gasteiger partial charge < -0.3 is 15.5 Å². The number of rotatable bonds is 4. The van der Waals surface area contributed by atoms with E-state index < -0.39 is 0 Å². The van der Waals surface area contributed by atoms with Crippen LogP contribution >= 0.6 is 45.2 Å². The van der Waals surface area contributed by atoms with Crippen LogP contribution < -0.4 is 15.5 Å². The molecule has 0 fully saturated rings. The van der Waals surface area contributed by atoms with Crippen molar-refractivity contribution < 1.29 is 0 Å². The highest BCUT2D eigenvalue weighted by molar-refractivity contribution is 14.1. The van der Waals surface area contributed by atoms with Gasteiger partial charge in [0.1, 0.15) is 0 Å². The van der Waals surface area contributed by atoms with E-state index in [1.807, 2.05) is 12.2 Å². The van der Waals surface area contributed by atoms with Crippen LogP contribution in [0.3, 0.4) is 0 Å². The zero-order valence-corrected chi connectivity index (χ0v) is 25.0. The standard InChI is InChI=1S/C32H24I2N4/c1-20-16-22(33)8-12-27(20)36-28-14-10-24(17-21(28)2)35-25-11-15-30-32(19-25)38(26-6-4-3-5-7-26)31-18-23(34)9-13-29(31)37-30/h3-19,35,37H,1H2,2H3/b36-27-.